The fraction of sp³-hybridized carbons (Fsp3) is 0.378. The summed E-state index contributed by atoms with van der Waals surface area (Å²) in [5.41, 5.74) is 6.59. The number of nitrogens with one attached hydrogen (secondary N) is 1. The number of aliphatic carboxylic acids is 1. The highest BCUT2D eigenvalue weighted by molar-refractivity contribution is 7.89. The van der Waals surface area contributed by atoms with Gasteiger partial charge in [0.2, 0.25) is 15.9 Å². The predicted molar refractivity (Wildman–Crippen MR) is 272 cm³/mol. The zero-order valence-corrected chi connectivity index (χ0v) is 44.6. The van der Waals surface area contributed by atoms with Crippen molar-refractivity contribution in [2.24, 2.45) is 5.73 Å². The molecule has 0 fully saturated rings. The minimum Gasteiger partial charge on any atom is -0.489 e. The van der Waals surface area contributed by atoms with Crippen LogP contribution in [0.5, 0.6) is 17.2 Å². The lowest BCUT2D eigenvalue weighted by Gasteiger charge is -2.35. The number of nitro benzene ring substituents is 1. The van der Waals surface area contributed by atoms with E-state index in [1.165, 1.54) is 6.66 Å². The van der Waals surface area contributed by atoms with Gasteiger partial charge in [0.1, 0.15) is 48.1 Å². The summed E-state index contributed by atoms with van der Waals surface area (Å²) < 4.78 is 88.8. The number of alkyl halides is 6. The van der Waals surface area contributed by atoms with Gasteiger partial charge in [-0.15, -0.1) is 11.6 Å². The number of aryl methyl sites for hydroxylation is 2. The van der Waals surface area contributed by atoms with E-state index in [0.717, 1.165) is 53.2 Å². The number of amides is 3. The molecule has 28 heteroatoms. The number of carboxylic acid groups (broad SMARTS) is 1. The van der Waals surface area contributed by atoms with E-state index in [1.807, 2.05) is 63.2 Å². The molecule has 3 unspecified atom stereocenters. The number of para-hydroxylation sites is 3. The maximum absolute atomic E-state index is 12.7. The minimum atomic E-state index is -4.62. The van der Waals surface area contributed by atoms with Crippen molar-refractivity contribution in [1.82, 2.24) is 4.72 Å². The molecular weight excluding hydrogens is 1100 g/mol. The number of ether oxygens (including phenoxy) is 3. The van der Waals surface area contributed by atoms with Gasteiger partial charge in [-0.2, -0.15) is 13.2 Å². The Bertz CT molecular complexity index is 2740. The summed E-state index contributed by atoms with van der Waals surface area (Å²) in [6, 6.07) is 17.4. The fourth-order valence-corrected chi connectivity index (χ4v) is 7.96. The molecule has 0 aromatic heterocycles. The van der Waals surface area contributed by atoms with Crippen molar-refractivity contribution >= 4 is 105 Å². The highest BCUT2D eigenvalue weighted by Crippen LogP contribution is 2.38. The number of rotatable bonds is 16. The van der Waals surface area contributed by atoms with Gasteiger partial charge in [0.25, 0.3) is 17.5 Å². The van der Waals surface area contributed by atoms with E-state index in [9.17, 15) is 55.4 Å². The second-order valence-corrected chi connectivity index (χ2v) is 21.6. The third kappa shape index (κ3) is 20.9. The number of halogens is 7. The Morgan fingerprint density at radius 3 is 2.23 bits per heavy atom. The number of hydrogen-bond donors (Lipinski definition) is 4. The van der Waals surface area contributed by atoms with Crippen LogP contribution in [0.25, 0.3) is 0 Å². The molecule has 1 aliphatic rings. The third-order valence-corrected chi connectivity index (χ3v) is 12.2. The highest BCUT2D eigenvalue weighted by Gasteiger charge is 2.33. The number of carbonyl (C=O) groups is 4. The average Bonchev–Trinajstić information content (AvgIpc) is 3.30. The molecule has 0 spiro atoms. The molecule has 5 rings (SSSR count). The quantitative estimate of drug-likeness (QED) is 0.0268. The van der Waals surface area contributed by atoms with Crippen molar-refractivity contribution in [2.45, 2.75) is 63.6 Å². The molecular formula is C45H53Cl4F3N5O14PS. The zero-order valence-electron chi connectivity index (χ0n) is 39.9. The summed E-state index contributed by atoms with van der Waals surface area (Å²) in [6.45, 7) is 10.3. The van der Waals surface area contributed by atoms with Crippen LogP contribution in [-0.2, 0) is 46.3 Å². The maximum Gasteiger partial charge on any atom is 0.416 e. The smallest absolute Gasteiger partial charge is 0.416 e. The number of nitrogens with two attached hydrogens (primary N) is 1. The first kappa shape index (κ1) is 63.9. The van der Waals surface area contributed by atoms with Gasteiger partial charge in [0, 0.05) is 31.6 Å². The second-order valence-electron chi connectivity index (χ2n) is 15.5. The fourth-order valence-electron chi connectivity index (χ4n) is 6.18. The molecule has 402 valence electrons. The van der Waals surface area contributed by atoms with Crippen LogP contribution >= 0.6 is 53.8 Å². The first-order valence-electron chi connectivity index (χ1n) is 21.4. The Morgan fingerprint density at radius 1 is 1.07 bits per heavy atom. The Balaban J connectivity index is 0.000000353. The lowest BCUT2D eigenvalue weighted by molar-refractivity contribution is -0.385. The molecule has 5 N–H and O–H groups in total. The van der Waals surface area contributed by atoms with Gasteiger partial charge in [-0.1, -0.05) is 72.1 Å². The molecule has 3 atom stereocenters. The number of anilines is 2. The van der Waals surface area contributed by atoms with Gasteiger partial charge in [0.05, 0.1) is 39.2 Å². The van der Waals surface area contributed by atoms with Crippen molar-refractivity contribution in [1.29, 1.82) is 0 Å². The number of fused-ring (bicyclic) bond motifs is 1. The third-order valence-electron chi connectivity index (χ3n) is 9.63. The Kier molecular flexibility index (Phi) is 25.4. The summed E-state index contributed by atoms with van der Waals surface area (Å²) in [6.07, 6.45) is -3.07. The van der Waals surface area contributed by atoms with E-state index in [1.54, 1.807) is 14.5 Å². The van der Waals surface area contributed by atoms with Crippen LogP contribution in [0, 0.1) is 17.0 Å². The molecule has 1 aliphatic heterocycles. The summed E-state index contributed by atoms with van der Waals surface area (Å²) >= 11 is 22.7. The van der Waals surface area contributed by atoms with E-state index in [4.69, 9.17) is 76.3 Å². The van der Waals surface area contributed by atoms with Crippen LogP contribution in [0.4, 0.5) is 30.2 Å². The van der Waals surface area contributed by atoms with Gasteiger partial charge in [-0.3, -0.25) is 38.8 Å². The molecule has 0 aliphatic carbocycles. The normalized spacial score (nSPS) is 14.1. The Morgan fingerprint density at radius 2 is 1.71 bits per heavy atom. The molecule has 4 aromatic carbocycles. The predicted octanol–water partition coefficient (Wildman–Crippen LogP) is 9.16. The van der Waals surface area contributed by atoms with Crippen LogP contribution in [0.2, 0.25) is 5.02 Å². The number of sulfonamides is 1. The van der Waals surface area contributed by atoms with Gasteiger partial charge in [-0.05, 0) is 81.1 Å². The van der Waals surface area contributed by atoms with Crippen molar-refractivity contribution in [3.05, 3.63) is 116 Å². The molecule has 0 saturated carbocycles. The number of carboxylic acids is 1. The molecule has 0 bridgehead atoms. The van der Waals surface area contributed by atoms with E-state index >= 15 is 0 Å². The van der Waals surface area contributed by atoms with E-state index in [2.05, 4.69) is 6.92 Å². The van der Waals surface area contributed by atoms with Crippen molar-refractivity contribution in [3.63, 3.8) is 0 Å². The van der Waals surface area contributed by atoms with Crippen LogP contribution in [0.1, 0.15) is 54.2 Å². The van der Waals surface area contributed by atoms with Crippen molar-refractivity contribution in [3.8, 4) is 17.2 Å². The molecule has 3 amide bonds. The molecule has 4 aromatic rings. The SMILES string of the molecule is CC1COc2ccccc2N1C(=O)C(Cl)Cl.CCOCN(C(=O)CCl)c1c(C)cccc1CC.CP(=O)(O)CCC(N)C(=O)O.CS(=O)(=O)NC(=O)c1cc(Oc2ccc(C(F)(F)F)cc2Cl)ccc1[N+](=O)[O-]. The average molecular weight is 1150 g/mol. The monoisotopic (exact) mass is 1150 g/mol. The first-order valence-corrected chi connectivity index (χ1v) is 27.3. The van der Waals surface area contributed by atoms with Gasteiger partial charge >= 0.3 is 12.1 Å². The number of benzene rings is 4. The van der Waals surface area contributed by atoms with Gasteiger partial charge in [0.15, 0.2) is 12.2 Å². The standard InChI is InChI=1S/C15H10ClF3N2O6S.C14H20ClNO2.C11H11Cl2NO2.C5H12NO4P/c1-28(25,26)20-14(22)10-7-9(3-4-12(10)21(23)24)27-13-5-2-8(6-11(13)16)15(17,18)19;1-4-12-8-6-7-11(3)14(12)16(10-18-5-2)13(17)9-15;1-7-6-16-9-5-3-2-4-8(9)14(7)11(15)10(12)13;1-11(9,10)3-2-4(6)5(7)8/h2-7H,1H3,(H,20,22);6-8H,4-5,9-10H2,1-3H3;2-5,7,10H,6H2,1H3;4H,2-3,6H2,1H3,(H,7,8)(H,9,10). The molecule has 0 radical (unpaired) electrons. The van der Waals surface area contributed by atoms with Crippen LogP contribution in [0.15, 0.2) is 78.9 Å². The summed E-state index contributed by atoms with van der Waals surface area (Å²) in [5, 5.41) is 18.9. The topological polar surface area (TPSA) is 275 Å². The molecule has 73 heavy (non-hydrogen) atoms. The van der Waals surface area contributed by atoms with Crippen LogP contribution < -0.4 is 29.7 Å². The molecule has 0 saturated heterocycles. The van der Waals surface area contributed by atoms with Gasteiger partial charge in [-0.25, -0.2) is 13.1 Å². The van der Waals surface area contributed by atoms with Crippen molar-refractivity contribution < 1.29 is 74.5 Å². The van der Waals surface area contributed by atoms with Crippen molar-refractivity contribution in [2.75, 3.05) is 54.7 Å². The maximum atomic E-state index is 12.7. The van der Waals surface area contributed by atoms with E-state index in [0.29, 0.717) is 37.4 Å². The molecule has 19 nitrogen and oxygen atoms in total. The summed E-state index contributed by atoms with van der Waals surface area (Å²) in [5.74, 6) is -2.62. The number of nitro groups is 1. The largest absolute Gasteiger partial charge is 0.489 e. The van der Waals surface area contributed by atoms with Crippen LogP contribution in [-0.4, -0.2) is 109 Å². The Hall–Kier alpha value is -5.23. The number of carbonyl (C=O) groups excluding carboxylic acids is 3. The molecule has 1 heterocycles. The lowest BCUT2D eigenvalue weighted by Crippen LogP contribution is -2.47. The number of nitrogens with zero attached hydrogens (tertiary/aromatic N) is 3. The lowest BCUT2D eigenvalue weighted by atomic mass is 10.0. The van der Waals surface area contributed by atoms with E-state index in [-0.39, 0.29) is 54.5 Å². The highest BCUT2D eigenvalue weighted by atomic mass is 35.5. The van der Waals surface area contributed by atoms with E-state index < -0.39 is 73.1 Å². The first-order chi connectivity index (χ1) is 33.9. The number of hydrogen-bond acceptors (Lipinski definition) is 13. The second kappa shape index (κ2) is 29.0. The summed E-state index contributed by atoms with van der Waals surface area (Å²) in [7, 11) is -7.10. The van der Waals surface area contributed by atoms with Gasteiger partial charge < -0.3 is 34.8 Å². The summed E-state index contributed by atoms with van der Waals surface area (Å²) in [4.78, 5) is 67.0. The Labute approximate surface area is 439 Å². The van der Waals surface area contributed by atoms with Crippen LogP contribution in [0.3, 0.4) is 0 Å². The zero-order chi connectivity index (χ0) is 55.6. The minimum absolute atomic E-state index is 0.0371.